The van der Waals surface area contributed by atoms with Gasteiger partial charge in [0.2, 0.25) is 11.4 Å². The molecule has 0 saturated heterocycles. The van der Waals surface area contributed by atoms with Crippen molar-refractivity contribution in [1.82, 2.24) is 0 Å². The van der Waals surface area contributed by atoms with Crippen molar-refractivity contribution in [3.63, 3.8) is 0 Å². The molecule has 1 aliphatic rings. The minimum atomic E-state index is 0.575. The van der Waals surface area contributed by atoms with E-state index >= 15 is 0 Å². The molecule has 4 aromatic carbocycles. The van der Waals surface area contributed by atoms with Gasteiger partial charge in [-0.3, -0.25) is 0 Å². The normalized spacial score (nSPS) is 12.6. The van der Waals surface area contributed by atoms with Gasteiger partial charge in [0.1, 0.15) is 0 Å². The summed E-state index contributed by atoms with van der Waals surface area (Å²) in [6.45, 7) is 18.7. The molecule has 1 heterocycles. The molecule has 0 bridgehead atoms. The fraction of sp³-hybridized carbons (Fsp3) is 0.600. The van der Waals surface area contributed by atoms with Crippen LogP contribution in [0.2, 0.25) is 0 Å². The average molecular weight is 1080 g/mol. The Labute approximate surface area is 459 Å². The van der Waals surface area contributed by atoms with E-state index in [2.05, 4.69) is 140 Å². The number of aryl methyl sites for hydroxylation is 4. The first-order valence-corrected chi connectivity index (χ1v) is 32.4. The molecule has 406 valence electrons. The van der Waals surface area contributed by atoms with E-state index in [4.69, 9.17) is 0 Å². The van der Waals surface area contributed by atoms with Crippen molar-refractivity contribution in [2.75, 3.05) is 0 Å². The predicted octanol–water partition coefficient (Wildman–Crippen LogP) is 20.9. The zero-order valence-corrected chi connectivity index (χ0v) is 49.9. The van der Waals surface area contributed by atoms with Gasteiger partial charge in [0.05, 0.1) is 0 Å². The molecule has 0 fully saturated rings. The SMILES string of the molecule is CCCCCCCCC1=C(c2cc(CCCCC)c(CCCCC)c(CCCCC)c2)[N+](=[N-])C(c2cc(CCCCC)c(CCCCC)c(CCCCC)c2)=C1CCCC.c1cc[c]([Pd][c]2ccccc2)cc1. The van der Waals surface area contributed by atoms with Gasteiger partial charge in [-0.25, -0.2) is 4.70 Å². The summed E-state index contributed by atoms with van der Waals surface area (Å²) in [4.78, 5) is 0. The fourth-order valence-corrected chi connectivity index (χ4v) is 12.6. The van der Waals surface area contributed by atoms with Gasteiger partial charge < -0.3 is 5.53 Å². The third-order valence-corrected chi connectivity index (χ3v) is 17.1. The molecule has 0 unspecified atom stereocenters. The molecule has 0 aliphatic carbocycles. The van der Waals surface area contributed by atoms with E-state index in [0.29, 0.717) is 18.0 Å². The fourth-order valence-electron chi connectivity index (χ4n) is 11.0. The van der Waals surface area contributed by atoms with Gasteiger partial charge in [-0.1, -0.05) is 171 Å². The van der Waals surface area contributed by atoms with Crippen molar-refractivity contribution in [3.8, 4) is 0 Å². The molecule has 1 aliphatic heterocycles. The molecule has 0 spiro atoms. The number of benzene rings is 4. The number of unbranched alkanes of at least 4 members (excludes halogenated alkanes) is 18. The Morgan fingerprint density at radius 3 is 0.932 bits per heavy atom. The van der Waals surface area contributed by atoms with E-state index < -0.39 is 0 Å². The summed E-state index contributed by atoms with van der Waals surface area (Å²) in [5.41, 5.74) is 30.3. The second kappa shape index (κ2) is 38.2. The maximum absolute atomic E-state index is 13.1. The first-order chi connectivity index (χ1) is 35.9. The van der Waals surface area contributed by atoms with Gasteiger partial charge >= 0.3 is 86.7 Å². The van der Waals surface area contributed by atoms with Crippen LogP contribution in [0.1, 0.15) is 280 Å². The molecule has 2 nitrogen and oxygen atoms in total. The van der Waals surface area contributed by atoms with Gasteiger partial charge in [-0.05, 0) is 160 Å². The van der Waals surface area contributed by atoms with Crippen molar-refractivity contribution in [1.29, 1.82) is 0 Å². The second-order valence-corrected chi connectivity index (χ2v) is 23.7. The average Bonchev–Trinajstić information content (AvgIpc) is 3.68. The van der Waals surface area contributed by atoms with Gasteiger partial charge in [-0.15, -0.1) is 0 Å². The molecule has 0 amide bonds. The molecule has 0 N–H and O–H groups in total. The Bertz CT molecular complexity index is 2080. The number of rotatable bonds is 38. The van der Waals surface area contributed by atoms with Crippen LogP contribution in [0.4, 0.5) is 0 Å². The van der Waals surface area contributed by atoms with Crippen molar-refractivity contribution >= 4 is 19.5 Å². The molecule has 0 saturated carbocycles. The third kappa shape index (κ3) is 21.6. The molecule has 3 heteroatoms. The number of hydrogen-bond donors (Lipinski definition) is 0. The number of nitrogens with zero attached hydrogens (tertiary/aromatic N) is 2. The van der Waals surface area contributed by atoms with E-state index in [1.807, 2.05) is 0 Å². The van der Waals surface area contributed by atoms with Crippen LogP contribution in [0.3, 0.4) is 0 Å². The van der Waals surface area contributed by atoms with Crippen LogP contribution < -0.4 is 8.07 Å². The van der Waals surface area contributed by atoms with Crippen LogP contribution in [0.5, 0.6) is 0 Å². The Morgan fingerprint density at radius 1 is 0.315 bits per heavy atom. The van der Waals surface area contributed by atoms with Crippen LogP contribution in [-0.4, -0.2) is 4.70 Å². The summed E-state index contributed by atoms with van der Waals surface area (Å²) in [5, 5.41) is 0. The van der Waals surface area contributed by atoms with E-state index in [0.717, 1.165) is 56.3 Å². The van der Waals surface area contributed by atoms with Crippen molar-refractivity contribution < 1.29 is 22.7 Å². The van der Waals surface area contributed by atoms with Crippen molar-refractivity contribution in [3.05, 3.63) is 146 Å². The van der Waals surface area contributed by atoms with Gasteiger partial charge in [0.15, 0.2) is 0 Å². The van der Waals surface area contributed by atoms with Crippen LogP contribution in [0.15, 0.2) is 96.1 Å². The Balaban J connectivity index is 0.000000760. The maximum atomic E-state index is 13.1. The molecule has 0 aromatic heterocycles. The quantitative estimate of drug-likeness (QED) is 0.0243. The van der Waals surface area contributed by atoms with Crippen LogP contribution >= 0.6 is 0 Å². The summed E-state index contributed by atoms with van der Waals surface area (Å²) < 4.78 is 4.60. The third-order valence-electron chi connectivity index (χ3n) is 15.2. The van der Waals surface area contributed by atoms with Crippen LogP contribution in [0.25, 0.3) is 16.9 Å². The second-order valence-electron chi connectivity index (χ2n) is 21.5. The Hall–Kier alpha value is -3.38. The van der Waals surface area contributed by atoms with Crippen molar-refractivity contribution in [2.45, 2.75) is 274 Å². The number of hydrogen-bond acceptors (Lipinski definition) is 0. The zero-order valence-electron chi connectivity index (χ0n) is 48.3. The summed E-state index contributed by atoms with van der Waals surface area (Å²) in [6, 6.07) is 31.5. The first-order valence-electron chi connectivity index (χ1n) is 30.8. The van der Waals surface area contributed by atoms with E-state index in [-0.39, 0.29) is 0 Å². The first kappa shape index (κ1) is 62.2. The Morgan fingerprint density at radius 2 is 0.589 bits per heavy atom. The molecule has 0 atom stereocenters. The Kier molecular flexibility index (Phi) is 32.5. The van der Waals surface area contributed by atoms with Gasteiger partial charge in [0.25, 0.3) is 0 Å². The molecule has 0 radical (unpaired) electrons. The topological polar surface area (TPSA) is 25.3 Å². The van der Waals surface area contributed by atoms with Gasteiger partial charge in [-0.2, -0.15) is 0 Å². The van der Waals surface area contributed by atoms with Crippen LogP contribution in [-0.2, 0) is 56.5 Å². The zero-order chi connectivity index (χ0) is 52.3. The molecular weight excluding hydrogens is 975 g/mol. The van der Waals surface area contributed by atoms with Crippen LogP contribution in [0, 0.1) is 0 Å². The van der Waals surface area contributed by atoms with E-state index in [1.165, 1.54) is 204 Å². The summed E-state index contributed by atoms with van der Waals surface area (Å²) >= 11 is 0.575. The van der Waals surface area contributed by atoms with Crippen molar-refractivity contribution in [2.24, 2.45) is 0 Å². The standard InChI is InChI=1S/C58H96N2.2C6H5.Pd/c1-9-17-25-26-27-34-42-56-55(39-24-16-8)57(51-43-47(35-28-18-10-2)53(40-32-22-14-6)48(44-51)36-29-19-11-3)60(59)58(56)52-45-49(37-30-20-12-4)54(41-33-23-15-7)50(46-52)38-31-21-13-5;2*1-2-4-6-5-3-1;/h43-46H,9-42H2,1-8H3;2*1-5H;. The number of allylic oxidation sites excluding steroid dienone is 2. The van der Waals surface area contributed by atoms with E-state index in [1.54, 1.807) is 38.1 Å². The molecule has 73 heavy (non-hydrogen) atoms. The van der Waals surface area contributed by atoms with Gasteiger partial charge in [0, 0.05) is 22.3 Å². The summed E-state index contributed by atoms with van der Waals surface area (Å²) in [7, 11) is 0. The summed E-state index contributed by atoms with van der Waals surface area (Å²) in [5.74, 6) is 0. The monoisotopic (exact) mass is 1080 g/mol. The molecule has 4 aromatic rings. The summed E-state index contributed by atoms with van der Waals surface area (Å²) in [6.07, 6.45) is 42.0. The minimum absolute atomic E-state index is 0.575. The predicted molar refractivity (Wildman–Crippen MR) is 319 cm³/mol. The molecular formula is C70H106N2Pd. The van der Waals surface area contributed by atoms with E-state index in [9.17, 15) is 5.53 Å². The molecule has 5 rings (SSSR count).